The second-order valence-electron chi connectivity index (χ2n) is 8.39. The summed E-state index contributed by atoms with van der Waals surface area (Å²) < 4.78 is 46.7. The molecule has 178 valence electrons. The maximum absolute atomic E-state index is 13.1. The molecular weight excluding hydrogens is 463 g/mol. The number of carbonyl (C=O) groups is 1. The highest BCUT2D eigenvalue weighted by molar-refractivity contribution is 7.89. The van der Waals surface area contributed by atoms with Crippen LogP contribution in [0.15, 0.2) is 56.6 Å². The molecule has 0 atom stereocenters. The number of carbonyl (C=O) groups excluding carboxylic acids is 1. The summed E-state index contributed by atoms with van der Waals surface area (Å²) in [5.74, 6) is -1.60. The van der Waals surface area contributed by atoms with E-state index in [9.17, 15) is 22.4 Å². The Morgan fingerprint density at radius 1 is 1.03 bits per heavy atom. The van der Waals surface area contributed by atoms with Crippen LogP contribution < -0.4 is 10.7 Å². The molecule has 1 saturated heterocycles. The molecule has 0 spiro atoms. The summed E-state index contributed by atoms with van der Waals surface area (Å²) in [7, 11) is -3.56. The van der Waals surface area contributed by atoms with Gasteiger partial charge in [0.25, 0.3) is 0 Å². The zero-order chi connectivity index (χ0) is 23.9. The van der Waals surface area contributed by atoms with Crippen molar-refractivity contribution in [1.82, 2.24) is 14.1 Å². The molecule has 3 heterocycles. The number of sulfonamides is 1. The Kier molecular flexibility index (Phi) is 5.82. The molecule has 1 amide bonds. The summed E-state index contributed by atoms with van der Waals surface area (Å²) in [5, 5.41) is 4.06. The normalized spacial score (nSPS) is 16.6. The number of anilines is 1. The lowest BCUT2D eigenvalue weighted by Crippen LogP contribution is -2.35. The first-order chi connectivity index (χ1) is 16.3. The van der Waals surface area contributed by atoms with Gasteiger partial charge in [-0.15, -0.1) is 5.10 Å². The van der Waals surface area contributed by atoms with Gasteiger partial charge in [0.15, 0.2) is 0 Å². The lowest BCUT2D eigenvalue weighted by Gasteiger charge is -2.26. The number of nitrogens with zero attached hydrogens (tertiary/aromatic N) is 4. The highest BCUT2D eigenvalue weighted by Crippen LogP contribution is 2.32. The Bertz CT molecular complexity index is 1390. The van der Waals surface area contributed by atoms with E-state index in [1.165, 1.54) is 39.5 Å². The summed E-state index contributed by atoms with van der Waals surface area (Å²) in [6.45, 7) is 1.09. The molecule has 2 aliphatic rings. The maximum atomic E-state index is 13.1. The average Bonchev–Trinajstić information content (AvgIpc) is 3.43. The molecule has 5 rings (SSSR count). The molecule has 1 fully saturated rings. The Morgan fingerprint density at radius 2 is 1.76 bits per heavy atom. The van der Waals surface area contributed by atoms with E-state index in [-0.39, 0.29) is 23.2 Å². The number of rotatable bonds is 5. The molecule has 0 N–H and O–H groups in total. The van der Waals surface area contributed by atoms with Crippen molar-refractivity contribution < 1.29 is 22.0 Å². The van der Waals surface area contributed by atoms with Crippen LogP contribution >= 0.6 is 0 Å². The van der Waals surface area contributed by atoms with Crippen LogP contribution in [0.4, 0.5) is 10.1 Å². The van der Waals surface area contributed by atoms with Gasteiger partial charge in [-0.2, -0.15) is 8.99 Å². The van der Waals surface area contributed by atoms with Crippen LogP contribution in [0.1, 0.15) is 24.8 Å². The fraction of sp³-hybridized carbons (Fsp3) is 0.348. The summed E-state index contributed by atoms with van der Waals surface area (Å²) in [4.78, 5) is 26.9. The minimum Gasteiger partial charge on any atom is -0.388 e. The molecule has 0 aliphatic carbocycles. The standard InChI is InChI=1S/C23H23FN4O5S/c24-18-6-4-16(5-7-18)22-25-28(23(30)33-22)15-21(29)27-13-10-17-14-19(8-9-20(17)27)34(31,32)26-11-2-1-3-12-26/h4-9,14H,1-3,10-13,15H2. The summed E-state index contributed by atoms with van der Waals surface area (Å²) >= 11 is 0. The molecule has 3 aromatic rings. The second-order valence-corrected chi connectivity index (χ2v) is 10.3. The van der Waals surface area contributed by atoms with Crippen molar-refractivity contribution in [3.05, 3.63) is 64.4 Å². The van der Waals surface area contributed by atoms with Crippen molar-refractivity contribution in [2.24, 2.45) is 0 Å². The SMILES string of the molecule is O=C(Cn1nc(-c2ccc(F)cc2)oc1=O)N1CCc2cc(S(=O)(=O)N3CCCCC3)ccc21. The topological polar surface area (TPSA) is 106 Å². The van der Waals surface area contributed by atoms with Gasteiger partial charge >= 0.3 is 5.76 Å². The van der Waals surface area contributed by atoms with E-state index >= 15 is 0 Å². The number of piperidine rings is 1. The van der Waals surface area contributed by atoms with Crippen molar-refractivity contribution in [2.45, 2.75) is 37.1 Å². The highest BCUT2D eigenvalue weighted by Gasteiger charge is 2.30. The van der Waals surface area contributed by atoms with E-state index in [4.69, 9.17) is 4.42 Å². The molecule has 2 aromatic carbocycles. The largest absolute Gasteiger partial charge is 0.437 e. The number of hydrogen-bond donors (Lipinski definition) is 0. The molecule has 0 bridgehead atoms. The quantitative estimate of drug-likeness (QED) is 0.548. The van der Waals surface area contributed by atoms with Gasteiger partial charge in [-0.1, -0.05) is 6.42 Å². The molecule has 2 aliphatic heterocycles. The fourth-order valence-electron chi connectivity index (χ4n) is 4.38. The molecule has 34 heavy (non-hydrogen) atoms. The van der Waals surface area contributed by atoms with Gasteiger partial charge in [0.05, 0.1) is 4.90 Å². The number of amides is 1. The van der Waals surface area contributed by atoms with E-state index in [1.54, 1.807) is 12.1 Å². The van der Waals surface area contributed by atoms with Crippen LogP contribution in [0.3, 0.4) is 0 Å². The number of aromatic nitrogens is 2. The minimum absolute atomic E-state index is 0.00724. The van der Waals surface area contributed by atoms with Gasteiger partial charge in [-0.05, 0) is 67.3 Å². The van der Waals surface area contributed by atoms with Gasteiger partial charge < -0.3 is 9.32 Å². The summed E-state index contributed by atoms with van der Waals surface area (Å²) in [6, 6.07) is 10.1. The van der Waals surface area contributed by atoms with Crippen LogP contribution in [-0.2, 0) is 27.8 Å². The van der Waals surface area contributed by atoms with Crippen LogP contribution in [0, 0.1) is 5.82 Å². The first-order valence-corrected chi connectivity index (χ1v) is 12.5. The third-order valence-electron chi connectivity index (χ3n) is 6.18. The number of benzene rings is 2. The zero-order valence-corrected chi connectivity index (χ0v) is 19.1. The summed E-state index contributed by atoms with van der Waals surface area (Å²) in [6.07, 6.45) is 3.26. The summed E-state index contributed by atoms with van der Waals surface area (Å²) in [5.41, 5.74) is 1.81. The molecule has 9 nitrogen and oxygen atoms in total. The molecule has 0 unspecified atom stereocenters. The van der Waals surface area contributed by atoms with E-state index < -0.39 is 21.6 Å². The predicted octanol–water partition coefficient (Wildman–Crippen LogP) is 2.41. The first kappa shape index (κ1) is 22.5. The number of fused-ring (bicyclic) bond motifs is 1. The third kappa shape index (κ3) is 4.16. The van der Waals surface area contributed by atoms with Gasteiger partial charge in [0.2, 0.25) is 21.8 Å². The van der Waals surface area contributed by atoms with E-state index in [1.807, 2.05) is 0 Å². The lowest BCUT2D eigenvalue weighted by molar-refractivity contribution is -0.119. The molecule has 11 heteroatoms. The monoisotopic (exact) mass is 486 g/mol. The number of hydrogen-bond acceptors (Lipinski definition) is 6. The Balaban J connectivity index is 1.34. The molecule has 0 saturated carbocycles. The first-order valence-electron chi connectivity index (χ1n) is 11.1. The lowest BCUT2D eigenvalue weighted by atomic mass is 10.2. The minimum atomic E-state index is -3.56. The molecule has 1 aromatic heterocycles. The highest BCUT2D eigenvalue weighted by atomic mass is 32.2. The Labute approximate surface area is 195 Å². The number of halogens is 1. The van der Waals surface area contributed by atoms with Crippen LogP contribution in [0.25, 0.3) is 11.5 Å². The van der Waals surface area contributed by atoms with Crippen molar-refractivity contribution in [2.75, 3.05) is 24.5 Å². The average molecular weight is 487 g/mol. The third-order valence-corrected chi connectivity index (χ3v) is 8.08. The van der Waals surface area contributed by atoms with E-state index in [2.05, 4.69) is 5.10 Å². The predicted molar refractivity (Wildman–Crippen MR) is 121 cm³/mol. The van der Waals surface area contributed by atoms with Gasteiger partial charge in [-0.25, -0.2) is 17.6 Å². The van der Waals surface area contributed by atoms with Crippen LogP contribution in [-0.4, -0.2) is 48.0 Å². The maximum Gasteiger partial charge on any atom is 0.437 e. The second kappa shape index (κ2) is 8.80. The van der Waals surface area contributed by atoms with E-state index in [0.29, 0.717) is 37.3 Å². The van der Waals surface area contributed by atoms with Crippen molar-refractivity contribution >= 4 is 21.6 Å². The molecular formula is C23H23FN4O5S. The van der Waals surface area contributed by atoms with Crippen LogP contribution in [0.5, 0.6) is 0 Å². The van der Waals surface area contributed by atoms with Gasteiger partial charge in [0.1, 0.15) is 12.4 Å². The van der Waals surface area contributed by atoms with Crippen molar-refractivity contribution in [3.8, 4) is 11.5 Å². The fourth-order valence-corrected chi connectivity index (χ4v) is 5.95. The molecule has 0 radical (unpaired) electrons. The van der Waals surface area contributed by atoms with Gasteiger partial charge in [-0.3, -0.25) is 4.79 Å². The smallest absolute Gasteiger partial charge is 0.388 e. The van der Waals surface area contributed by atoms with Crippen LogP contribution in [0.2, 0.25) is 0 Å². The van der Waals surface area contributed by atoms with Crippen molar-refractivity contribution in [3.63, 3.8) is 0 Å². The van der Waals surface area contributed by atoms with Gasteiger partial charge in [0, 0.05) is 30.9 Å². The van der Waals surface area contributed by atoms with Crippen molar-refractivity contribution in [1.29, 1.82) is 0 Å². The zero-order valence-electron chi connectivity index (χ0n) is 18.3. The Morgan fingerprint density at radius 3 is 2.50 bits per heavy atom. The van der Waals surface area contributed by atoms with E-state index in [0.717, 1.165) is 29.5 Å². The Hall–Kier alpha value is -3.31.